The molecule has 1 fully saturated rings. The van der Waals surface area contributed by atoms with Gasteiger partial charge in [-0.25, -0.2) is 9.78 Å². The topological polar surface area (TPSA) is 51.7 Å². The Labute approximate surface area is 168 Å². The van der Waals surface area contributed by atoms with E-state index in [4.69, 9.17) is 0 Å². The number of carbonyl (C=O) groups is 1. The van der Waals surface area contributed by atoms with Gasteiger partial charge < -0.3 is 15.1 Å². The molecule has 3 rings (SSSR count). The van der Waals surface area contributed by atoms with E-state index in [1.807, 2.05) is 29.3 Å². The number of rotatable bonds is 7. The zero-order valence-corrected chi connectivity index (χ0v) is 17.0. The second-order valence-corrected chi connectivity index (χ2v) is 7.10. The van der Waals surface area contributed by atoms with Crippen molar-refractivity contribution in [1.29, 1.82) is 0 Å². The van der Waals surface area contributed by atoms with Gasteiger partial charge >= 0.3 is 6.03 Å². The number of hydrogen-bond acceptors (Lipinski definition) is 4. The highest BCUT2D eigenvalue weighted by atomic mass is 16.2. The molecule has 0 saturated carbocycles. The summed E-state index contributed by atoms with van der Waals surface area (Å²) in [6.45, 7) is 11.1. The third-order valence-electron chi connectivity index (χ3n) is 5.31. The molecule has 2 amide bonds. The monoisotopic (exact) mass is 381 g/mol. The fourth-order valence-electron chi connectivity index (χ4n) is 3.44. The van der Waals surface area contributed by atoms with Crippen LogP contribution in [0.1, 0.15) is 25.0 Å². The molecule has 2 aromatic rings. The van der Waals surface area contributed by atoms with E-state index in [9.17, 15) is 4.79 Å². The van der Waals surface area contributed by atoms with Gasteiger partial charge in [0.05, 0.1) is 0 Å². The van der Waals surface area contributed by atoms with Gasteiger partial charge in [0.25, 0.3) is 0 Å². The van der Waals surface area contributed by atoms with Crippen LogP contribution in [0, 0.1) is 0 Å². The van der Waals surface area contributed by atoms with E-state index in [-0.39, 0.29) is 6.03 Å². The number of urea groups is 1. The number of benzene rings is 1. The largest absolute Gasteiger partial charge is 0.353 e. The lowest BCUT2D eigenvalue weighted by Gasteiger charge is -2.35. The molecule has 0 spiro atoms. The molecule has 6 nitrogen and oxygen atoms in total. The summed E-state index contributed by atoms with van der Waals surface area (Å²) in [5.41, 5.74) is 2.44. The molecule has 6 heteroatoms. The fraction of sp³-hybridized carbons (Fsp3) is 0.455. The maximum Gasteiger partial charge on any atom is 0.317 e. The lowest BCUT2D eigenvalue weighted by molar-refractivity contribution is 0.194. The lowest BCUT2D eigenvalue weighted by Crippen LogP contribution is -2.51. The molecule has 1 N–H and O–H groups in total. The van der Waals surface area contributed by atoms with E-state index in [1.165, 1.54) is 5.56 Å². The summed E-state index contributed by atoms with van der Waals surface area (Å²) in [5, 5.41) is 3.05. The third-order valence-corrected chi connectivity index (χ3v) is 5.31. The summed E-state index contributed by atoms with van der Waals surface area (Å²) in [4.78, 5) is 23.4. The summed E-state index contributed by atoms with van der Waals surface area (Å²) in [6, 6.07) is 14.5. The average Bonchev–Trinajstić information content (AvgIpc) is 2.77. The number of anilines is 1. The Balaban J connectivity index is 1.43. The highest BCUT2D eigenvalue weighted by Gasteiger charge is 2.21. The minimum absolute atomic E-state index is 0.00730. The maximum absolute atomic E-state index is 12.5. The van der Waals surface area contributed by atoms with Crippen molar-refractivity contribution in [1.82, 2.24) is 20.1 Å². The Bertz CT molecular complexity index is 722. The predicted octanol–water partition coefficient (Wildman–Crippen LogP) is 2.96. The smallest absolute Gasteiger partial charge is 0.317 e. The van der Waals surface area contributed by atoms with Crippen LogP contribution < -0.4 is 10.2 Å². The number of carbonyl (C=O) groups excluding carboxylic acids is 1. The normalized spacial score (nSPS) is 14.4. The second kappa shape index (κ2) is 10.1. The Morgan fingerprint density at radius 1 is 1.00 bits per heavy atom. The van der Waals surface area contributed by atoms with Gasteiger partial charge in [-0.05, 0) is 36.3 Å². The van der Waals surface area contributed by atoms with Crippen LogP contribution in [0.4, 0.5) is 10.6 Å². The quantitative estimate of drug-likeness (QED) is 0.801. The van der Waals surface area contributed by atoms with Gasteiger partial charge in [-0.15, -0.1) is 0 Å². The van der Waals surface area contributed by atoms with Crippen molar-refractivity contribution in [2.75, 3.05) is 44.2 Å². The molecule has 0 unspecified atom stereocenters. The SMILES string of the molecule is CCN(CC)Cc1ccc(CNC(=O)N2CCN(c3ccccn3)CC2)cc1. The van der Waals surface area contributed by atoms with Gasteiger partial charge in [0.2, 0.25) is 0 Å². The van der Waals surface area contributed by atoms with Crippen LogP contribution in [0.2, 0.25) is 0 Å². The molecular formula is C22H31N5O. The van der Waals surface area contributed by atoms with Crippen LogP contribution in [-0.2, 0) is 13.1 Å². The Hall–Kier alpha value is -2.60. The molecule has 28 heavy (non-hydrogen) atoms. The van der Waals surface area contributed by atoms with Crippen LogP contribution in [0.15, 0.2) is 48.7 Å². The first-order valence-corrected chi connectivity index (χ1v) is 10.2. The first kappa shape index (κ1) is 20.1. The van der Waals surface area contributed by atoms with Gasteiger partial charge in [0.1, 0.15) is 5.82 Å². The third kappa shape index (κ3) is 5.45. The van der Waals surface area contributed by atoms with E-state index < -0.39 is 0 Å². The summed E-state index contributed by atoms with van der Waals surface area (Å²) in [7, 11) is 0. The number of amides is 2. The number of piperazine rings is 1. The zero-order chi connectivity index (χ0) is 19.8. The first-order valence-electron chi connectivity index (χ1n) is 10.2. The first-order chi connectivity index (χ1) is 13.7. The van der Waals surface area contributed by atoms with Crippen molar-refractivity contribution >= 4 is 11.8 Å². The molecule has 0 aliphatic carbocycles. The number of aromatic nitrogens is 1. The predicted molar refractivity (Wildman–Crippen MR) is 113 cm³/mol. The van der Waals surface area contributed by atoms with Crippen molar-refractivity contribution in [2.45, 2.75) is 26.9 Å². The molecule has 0 radical (unpaired) electrons. The van der Waals surface area contributed by atoms with Gasteiger partial charge in [0, 0.05) is 45.5 Å². The molecule has 1 saturated heterocycles. The van der Waals surface area contributed by atoms with E-state index in [1.54, 1.807) is 0 Å². The fourth-order valence-corrected chi connectivity index (χ4v) is 3.44. The maximum atomic E-state index is 12.5. The molecule has 0 bridgehead atoms. The summed E-state index contributed by atoms with van der Waals surface area (Å²) in [5.74, 6) is 0.979. The van der Waals surface area contributed by atoms with Crippen molar-refractivity contribution < 1.29 is 4.79 Å². The van der Waals surface area contributed by atoms with Crippen LogP contribution in [-0.4, -0.2) is 60.1 Å². The molecule has 1 aliphatic heterocycles. The van der Waals surface area contributed by atoms with Crippen molar-refractivity contribution in [3.8, 4) is 0 Å². The van der Waals surface area contributed by atoms with Gasteiger partial charge in [0.15, 0.2) is 0 Å². The number of hydrogen-bond donors (Lipinski definition) is 1. The van der Waals surface area contributed by atoms with Crippen molar-refractivity contribution in [3.63, 3.8) is 0 Å². The average molecular weight is 382 g/mol. The van der Waals surface area contributed by atoms with Crippen LogP contribution in [0.25, 0.3) is 0 Å². The standard InChI is InChI=1S/C22H31N5O/c1-3-25(4-2)18-20-10-8-19(9-11-20)17-24-22(28)27-15-13-26(14-16-27)21-7-5-6-12-23-21/h5-12H,3-4,13-18H2,1-2H3,(H,24,28). The highest BCUT2D eigenvalue weighted by molar-refractivity contribution is 5.74. The van der Waals surface area contributed by atoms with E-state index >= 15 is 0 Å². The summed E-state index contributed by atoms with van der Waals surface area (Å²) >= 11 is 0. The van der Waals surface area contributed by atoms with E-state index in [0.717, 1.165) is 44.1 Å². The lowest BCUT2D eigenvalue weighted by atomic mass is 10.1. The Morgan fingerprint density at radius 2 is 1.68 bits per heavy atom. The summed E-state index contributed by atoms with van der Waals surface area (Å²) < 4.78 is 0. The van der Waals surface area contributed by atoms with Crippen LogP contribution in [0.3, 0.4) is 0 Å². The van der Waals surface area contributed by atoms with Crippen molar-refractivity contribution in [3.05, 3.63) is 59.8 Å². The van der Waals surface area contributed by atoms with Gasteiger partial charge in [-0.1, -0.05) is 44.2 Å². The molecular weight excluding hydrogens is 350 g/mol. The number of pyridine rings is 1. The van der Waals surface area contributed by atoms with Crippen molar-refractivity contribution in [2.24, 2.45) is 0 Å². The van der Waals surface area contributed by atoms with Gasteiger partial charge in [-0.3, -0.25) is 4.90 Å². The molecule has 1 aliphatic rings. The second-order valence-electron chi connectivity index (χ2n) is 7.10. The number of nitrogens with one attached hydrogen (secondary N) is 1. The Kier molecular flexibility index (Phi) is 7.25. The van der Waals surface area contributed by atoms with Gasteiger partial charge in [-0.2, -0.15) is 0 Å². The Morgan fingerprint density at radius 3 is 2.29 bits per heavy atom. The number of nitrogens with zero attached hydrogens (tertiary/aromatic N) is 4. The zero-order valence-electron chi connectivity index (χ0n) is 17.0. The molecule has 2 heterocycles. The van der Waals surface area contributed by atoms with Crippen LogP contribution in [0.5, 0.6) is 0 Å². The van der Waals surface area contributed by atoms with Crippen LogP contribution >= 0.6 is 0 Å². The molecule has 0 atom stereocenters. The van der Waals surface area contributed by atoms with E-state index in [0.29, 0.717) is 19.6 Å². The molecule has 1 aromatic carbocycles. The summed E-state index contributed by atoms with van der Waals surface area (Å²) in [6.07, 6.45) is 1.81. The minimum atomic E-state index is 0.00730. The minimum Gasteiger partial charge on any atom is -0.353 e. The van der Waals surface area contributed by atoms with E-state index in [2.05, 4.69) is 58.2 Å². The molecule has 150 valence electrons. The molecule has 1 aromatic heterocycles. The highest BCUT2D eigenvalue weighted by Crippen LogP contribution is 2.13.